The molecule has 0 fully saturated rings. The molecule has 0 aromatic carbocycles. The van der Waals surface area contributed by atoms with Crippen LogP contribution in [-0.4, -0.2) is 145 Å². The smallest absolute Gasteiger partial charge is 0.550 e. The van der Waals surface area contributed by atoms with E-state index < -0.39 is 59.7 Å². The van der Waals surface area contributed by atoms with Crippen molar-refractivity contribution in [3.8, 4) is 0 Å². The number of rotatable bonds is 11. The van der Waals surface area contributed by atoms with E-state index in [0.29, 0.717) is 0 Å². The predicted molar refractivity (Wildman–Crippen MR) is 90.2 cm³/mol. The molecule has 13 nitrogen and oxygen atoms in total. The molecular weight excluding hydrogens is 466 g/mol. The molecule has 0 heterocycles. The third-order valence-electron chi connectivity index (χ3n) is 3.28. The van der Waals surface area contributed by atoms with E-state index >= 15 is 0 Å². The Morgan fingerprint density at radius 1 is 0.900 bits per heavy atom. The summed E-state index contributed by atoms with van der Waals surface area (Å²) in [5, 5.41) is 69.6. The molecule has 0 aliphatic rings. The zero-order chi connectivity index (χ0) is 22.7. The van der Waals surface area contributed by atoms with Crippen molar-refractivity contribution >= 4 is 105 Å². The van der Waals surface area contributed by atoms with Crippen LogP contribution in [0.3, 0.4) is 0 Å². The molecule has 0 aromatic heterocycles. The van der Waals surface area contributed by atoms with Crippen LogP contribution in [0.25, 0.3) is 0 Å². The van der Waals surface area contributed by atoms with Gasteiger partial charge in [-0.3, -0.25) is 4.79 Å². The topological polar surface area (TPSA) is 250 Å². The summed E-state index contributed by atoms with van der Waals surface area (Å²) in [6.07, 6.45) is -4.39. The third kappa shape index (κ3) is 16.4. The fourth-order valence-corrected chi connectivity index (χ4v) is 1.51. The minimum absolute atomic E-state index is 0. The van der Waals surface area contributed by atoms with Crippen LogP contribution in [0.2, 0.25) is 0 Å². The Morgan fingerprint density at radius 3 is 1.57 bits per heavy atom. The van der Waals surface area contributed by atoms with Crippen molar-refractivity contribution in [2.45, 2.75) is 44.8 Å². The third-order valence-corrected chi connectivity index (χ3v) is 3.28. The van der Waals surface area contributed by atoms with Gasteiger partial charge < -0.3 is 60.2 Å². The van der Waals surface area contributed by atoms with E-state index in [-0.39, 0.29) is 95.0 Å². The normalized spacial score (nSPS) is 11.4. The van der Waals surface area contributed by atoms with Crippen LogP contribution >= 0.6 is 0 Å². The maximum absolute atomic E-state index is 11.2. The van der Waals surface area contributed by atoms with Crippen LogP contribution in [-0.2, 0) is 24.0 Å². The monoisotopic (exact) mass is 487 g/mol. The van der Waals surface area contributed by atoms with Gasteiger partial charge in [0.1, 0.15) is 11.7 Å². The Labute approximate surface area is 231 Å². The van der Waals surface area contributed by atoms with Gasteiger partial charge >= 0.3 is 75.5 Å². The minimum atomic E-state index is -2.97. The molecule has 0 saturated carbocycles. The first-order valence-corrected chi connectivity index (χ1v) is 7.69. The summed E-state index contributed by atoms with van der Waals surface area (Å²) in [5.41, 5.74) is -3.93. The Morgan fingerprint density at radius 2 is 1.30 bits per heavy atom. The zero-order valence-corrected chi connectivity index (χ0v) is 21.0. The molecule has 0 spiro atoms. The summed E-state index contributed by atoms with van der Waals surface area (Å²) in [7, 11) is 0. The van der Waals surface area contributed by atoms with Crippen LogP contribution in [0.5, 0.6) is 0 Å². The quantitative estimate of drug-likeness (QED) is 0.198. The van der Waals surface area contributed by atoms with Gasteiger partial charge in [0.2, 0.25) is 5.91 Å². The second-order valence-electron chi connectivity index (χ2n) is 6.38. The van der Waals surface area contributed by atoms with Crippen LogP contribution < -0.4 is 25.7 Å². The molecule has 1 atom stereocenters. The number of carboxylic acids is 4. The summed E-state index contributed by atoms with van der Waals surface area (Å²) < 4.78 is 0. The summed E-state index contributed by atoms with van der Waals surface area (Å²) in [4.78, 5) is 51.3. The van der Waals surface area contributed by atoms with E-state index in [9.17, 15) is 49.5 Å². The van der Waals surface area contributed by atoms with E-state index in [1.165, 1.54) is 13.8 Å². The van der Waals surface area contributed by atoms with Crippen molar-refractivity contribution in [2.24, 2.45) is 5.41 Å². The molecule has 0 aliphatic heterocycles. The van der Waals surface area contributed by atoms with Crippen LogP contribution in [0.4, 0.5) is 0 Å². The number of aliphatic hydroxyl groups excluding tert-OH is 2. The second-order valence-corrected chi connectivity index (χ2v) is 6.38. The molecule has 0 radical (unpaired) electrons. The Kier molecular flexibility index (Phi) is 21.4. The van der Waals surface area contributed by atoms with Crippen molar-refractivity contribution in [3.05, 3.63) is 0 Å². The molecule has 0 aromatic rings. The van der Waals surface area contributed by atoms with Gasteiger partial charge in [0.25, 0.3) is 0 Å². The van der Waals surface area contributed by atoms with Crippen molar-refractivity contribution in [3.63, 3.8) is 0 Å². The van der Waals surface area contributed by atoms with E-state index in [0.717, 1.165) is 0 Å². The summed E-state index contributed by atoms with van der Waals surface area (Å²) in [6.45, 7) is 2.60. The molecular formula is C15H21Ca2NO12. The van der Waals surface area contributed by atoms with Gasteiger partial charge in [-0.15, -0.1) is 0 Å². The van der Waals surface area contributed by atoms with E-state index in [2.05, 4.69) is 5.32 Å². The van der Waals surface area contributed by atoms with Gasteiger partial charge in [0.05, 0.1) is 12.6 Å². The number of nitrogens with one attached hydrogen (secondary N) is 1. The maximum atomic E-state index is 11.2. The average molecular weight is 487 g/mol. The molecule has 0 bridgehead atoms. The standard InChI is InChI=1S/C9H17NO5.C6H8O7.2Ca/c1-9(2,5-11)7(14)8(15)10-4-3-6(12)13;7-3(8)1-6(13,5(11)12)2-4(9)10;;/h7,11,14H,3-5H2,1-2H3,(H,10,15)(H,12,13);13H,1-2H2,(H,7,8)(H,9,10)(H,11,12);;/q;;2*+2/p-4/t7-;;;/m0.../s1. The number of carbonyl (C=O) groups excluding carboxylic acids is 5. The van der Waals surface area contributed by atoms with Gasteiger partial charge in [-0.1, -0.05) is 13.8 Å². The number of aliphatic carboxylic acids is 4. The van der Waals surface area contributed by atoms with Crippen LogP contribution in [0.15, 0.2) is 0 Å². The first-order valence-electron chi connectivity index (χ1n) is 7.69. The van der Waals surface area contributed by atoms with Crippen LogP contribution in [0, 0.1) is 5.41 Å². The predicted octanol–water partition coefficient (Wildman–Crippen LogP) is -8.39. The number of carboxylic acid groups (broad SMARTS) is 4. The number of aliphatic hydroxyl groups is 3. The SMILES string of the molecule is CC(C)(CO)[C@@H](O)C(=O)NCCC(=O)[O-].O=C([O-])CC(O)(CC(=O)[O-])C(=O)[O-].[Ca+2].[Ca+2]. The molecule has 1 amide bonds. The van der Waals surface area contributed by atoms with Gasteiger partial charge in [0.15, 0.2) is 0 Å². The largest absolute Gasteiger partial charge is 2.00 e. The number of hydrogen-bond donors (Lipinski definition) is 4. The van der Waals surface area contributed by atoms with Gasteiger partial charge in [-0.05, 0) is 0 Å². The average Bonchev–Trinajstić information content (AvgIpc) is 2.52. The van der Waals surface area contributed by atoms with Crippen molar-refractivity contribution in [2.75, 3.05) is 13.2 Å². The van der Waals surface area contributed by atoms with Gasteiger partial charge in [0, 0.05) is 49.1 Å². The van der Waals surface area contributed by atoms with E-state index in [1.807, 2.05) is 0 Å². The van der Waals surface area contributed by atoms with Crippen LogP contribution in [0.1, 0.15) is 33.1 Å². The number of carbonyl (C=O) groups is 5. The van der Waals surface area contributed by atoms with Gasteiger partial charge in [-0.25, -0.2) is 0 Å². The molecule has 0 rings (SSSR count). The fraction of sp³-hybridized carbons (Fsp3) is 0.667. The molecule has 162 valence electrons. The Balaban J connectivity index is -0.000000213. The number of amides is 1. The molecule has 0 aliphatic carbocycles. The fourth-order valence-electron chi connectivity index (χ4n) is 1.51. The molecule has 4 N–H and O–H groups in total. The second kappa shape index (κ2) is 17.3. The molecule has 0 saturated heterocycles. The van der Waals surface area contributed by atoms with E-state index in [1.54, 1.807) is 0 Å². The maximum Gasteiger partial charge on any atom is 2.00 e. The van der Waals surface area contributed by atoms with Gasteiger partial charge in [-0.2, -0.15) is 0 Å². The molecule has 15 heteroatoms. The summed E-state index contributed by atoms with van der Waals surface area (Å²) in [5.74, 6) is -7.96. The first-order chi connectivity index (χ1) is 12.6. The zero-order valence-electron chi connectivity index (χ0n) is 16.5. The van der Waals surface area contributed by atoms with Crippen molar-refractivity contribution in [1.82, 2.24) is 5.32 Å². The first kappa shape index (κ1) is 37.1. The summed E-state index contributed by atoms with van der Waals surface area (Å²) in [6, 6.07) is 0. The van der Waals surface area contributed by atoms with Crippen molar-refractivity contribution < 1.29 is 59.7 Å². The Hall–Kier alpha value is -0.251. The number of hydrogen-bond acceptors (Lipinski definition) is 12. The Bertz CT molecular complexity index is 580. The molecule has 0 unspecified atom stereocenters. The van der Waals surface area contributed by atoms with E-state index in [4.69, 9.17) is 10.2 Å². The molecule has 30 heavy (non-hydrogen) atoms. The summed E-state index contributed by atoms with van der Waals surface area (Å²) >= 11 is 0. The van der Waals surface area contributed by atoms with Crippen molar-refractivity contribution in [1.29, 1.82) is 0 Å². The minimum Gasteiger partial charge on any atom is -0.550 e.